The van der Waals surface area contributed by atoms with Gasteiger partial charge in [-0.1, -0.05) is 46.8 Å². The molecule has 5 saturated carbocycles. The second-order valence-electron chi connectivity index (χ2n) is 16.6. The van der Waals surface area contributed by atoms with Crippen molar-refractivity contribution in [2.75, 3.05) is 26.2 Å². The lowest BCUT2D eigenvalue weighted by molar-refractivity contribution is -0.248. The van der Waals surface area contributed by atoms with Gasteiger partial charge in [0.05, 0.1) is 5.41 Å². The summed E-state index contributed by atoms with van der Waals surface area (Å²) in [6, 6.07) is 0. The highest BCUT2D eigenvalue weighted by Gasteiger charge is 2.72. The van der Waals surface area contributed by atoms with E-state index in [1.54, 1.807) is 6.92 Å². The lowest BCUT2D eigenvalue weighted by atomic mass is 9.32. The van der Waals surface area contributed by atoms with Gasteiger partial charge in [0.25, 0.3) is 0 Å². The molecule has 42 heavy (non-hydrogen) atoms. The van der Waals surface area contributed by atoms with Crippen molar-refractivity contribution in [1.82, 2.24) is 10.6 Å². The number of nitrogens with two attached hydrogens (primary N) is 1. The topological polar surface area (TPSA) is 93.5 Å². The highest BCUT2D eigenvalue weighted by Crippen LogP contribution is 2.77. The molecule has 6 heteroatoms. The van der Waals surface area contributed by atoms with Gasteiger partial charge in [0.1, 0.15) is 6.10 Å². The monoisotopic (exact) mass is 583 g/mol. The number of rotatable bonds is 8. The molecule has 0 radical (unpaired) electrons. The Morgan fingerprint density at radius 3 is 2.24 bits per heavy atom. The third kappa shape index (κ3) is 4.63. The quantitative estimate of drug-likeness (QED) is 0.179. The van der Waals surface area contributed by atoms with Gasteiger partial charge in [-0.2, -0.15) is 0 Å². The zero-order chi connectivity index (χ0) is 30.7. The fourth-order valence-electron chi connectivity index (χ4n) is 12.6. The van der Waals surface area contributed by atoms with Crippen LogP contribution in [0.1, 0.15) is 113 Å². The molecule has 6 nitrogen and oxygen atoms in total. The minimum atomic E-state index is -0.268. The van der Waals surface area contributed by atoms with E-state index in [4.69, 9.17) is 10.5 Å². The highest BCUT2D eigenvalue weighted by molar-refractivity contribution is 5.84. The van der Waals surface area contributed by atoms with Crippen molar-refractivity contribution in [3.8, 4) is 0 Å². The summed E-state index contributed by atoms with van der Waals surface area (Å²) >= 11 is 0. The van der Waals surface area contributed by atoms with Crippen molar-refractivity contribution >= 4 is 11.9 Å². The molecular weight excluding hydrogens is 522 g/mol. The minimum Gasteiger partial charge on any atom is -0.462 e. The van der Waals surface area contributed by atoms with E-state index in [2.05, 4.69) is 58.8 Å². The van der Waals surface area contributed by atoms with Crippen LogP contribution < -0.4 is 16.4 Å². The first-order chi connectivity index (χ1) is 19.7. The van der Waals surface area contributed by atoms with E-state index in [9.17, 15) is 9.59 Å². The molecule has 0 aliphatic heterocycles. The van der Waals surface area contributed by atoms with Gasteiger partial charge >= 0.3 is 5.97 Å². The second kappa shape index (κ2) is 11.2. The van der Waals surface area contributed by atoms with Crippen molar-refractivity contribution in [2.24, 2.45) is 62.4 Å². The third-order valence-corrected chi connectivity index (χ3v) is 14.7. The van der Waals surface area contributed by atoms with E-state index >= 15 is 0 Å². The zero-order valence-electron chi connectivity index (χ0n) is 27.9. The predicted molar refractivity (Wildman–Crippen MR) is 169 cm³/mol. The van der Waals surface area contributed by atoms with Crippen molar-refractivity contribution in [3.05, 3.63) is 12.2 Å². The van der Waals surface area contributed by atoms with Gasteiger partial charge in [-0.25, -0.2) is 0 Å². The summed E-state index contributed by atoms with van der Waals surface area (Å²) in [5.41, 5.74) is 7.31. The number of allylic oxidation sites excluding steroid dienone is 1. The fraction of sp³-hybridized carbons (Fsp3) is 0.889. The largest absolute Gasteiger partial charge is 0.462 e. The maximum absolute atomic E-state index is 14.1. The Hall–Kier alpha value is -1.40. The number of nitrogens with one attached hydrogen (secondary N) is 2. The summed E-state index contributed by atoms with van der Waals surface area (Å²) in [6.07, 6.45) is 11.3. The van der Waals surface area contributed by atoms with Crippen LogP contribution in [-0.4, -0.2) is 44.2 Å². The molecule has 5 fully saturated rings. The Morgan fingerprint density at radius 2 is 1.57 bits per heavy atom. The number of carbonyl (C=O) groups is 2. The molecule has 0 aromatic carbocycles. The molecule has 4 N–H and O–H groups in total. The number of hydrogen-bond donors (Lipinski definition) is 3. The fourth-order valence-corrected chi connectivity index (χ4v) is 12.6. The van der Waals surface area contributed by atoms with Gasteiger partial charge in [-0.05, 0) is 117 Å². The van der Waals surface area contributed by atoms with Crippen LogP contribution in [0, 0.1) is 56.7 Å². The molecule has 238 valence electrons. The van der Waals surface area contributed by atoms with Crippen LogP contribution in [0.25, 0.3) is 0 Å². The zero-order valence-corrected chi connectivity index (χ0v) is 27.9. The number of amides is 1. The van der Waals surface area contributed by atoms with Gasteiger partial charge in [0.2, 0.25) is 5.91 Å². The first-order valence-electron chi connectivity index (χ1n) is 17.2. The maximum Gasteiger partial charge on any atom is 0.302 e. The highest BCUT2D eigenvalue weighted by atomic mass is 16.5. The smallest absolute Gasteiger partial charge is 0.302 e. The molecule has 0 aromatic heterocycles. The van der Waals surface area contributed by atoms with E-state index in [1.807, 2.05) is 0 Å². The van der Waals surface area contributed by atoms with Crippen molar-refractivity contribution < 1.29 is 14.3 Å². The number of fused-ring (bicyclic) bond motifs is 7. The average molecular weight is 584 g/mol. The summed E-state index contributed by atoms with van der Waals surface area (Å²) in [5, 5.41) is 6.70. The average Bonchev–Trinajstić information content (AvgIpc) is 3.32. The minimum absolute atomic E-state index is 0.0125. The molecule has 0 saturated heterocycles. The van der Waals surface area contributed by atoms with Crippen molar-refractivity contribution in [3.63, 3.8) is 0 Å². The van der Waals surface area contributed by atoms with Crippen molar-refractivity contribution in [1.29, 1.82) is 0 Å². The van der Waals surface area contributed by atoms with Crippen LogP contribution in [0.5, 0.6) is 0 Å². The first kappa shape index (κ1) is 32.0. The van der Waals surface area contributed by atoms with E-state index in [0.29, 0.717) is 48.6 Å². The predicted octanol–water partition coefficient (Wildman–Crippen LogP) is 6.24. The lowest BCUT2D eigenvalue weighted by Crippen LogP contribution is -2.67. The number of esters is 1. The molecule has 1 amide bonds. The van der Waals surface area contributed by atoms with Gasteiger partial charge in [0.15, 0.2) is 0 Å². The molecule has 0 unspecified atom stereocenters. The summed E-state index contributed by atoms with van der Waals surface area (Å²) in [6.45, 7) is 23.7. The van der Waals surface area contributed by atoms with E-state index in [-0.39, 0.29) is 39.1 Å². The van der Waals surface area contributed by atoms with E-state index < -0.39 is 0 Å². The molecular formula is C36H61N3O3. The maximum atomic E-state index is 14.1. The Bertz CT molecular complexity index is 1070. The van der Waals surface area contributed by atoms with Crippen LogP contribution in [-0.2, 0) is 14.3 Å². The van der Waals surface area contributed by atoms with Gasteiger partial charge in [0, 0.05) is 38.5 Å². The van der Waals surface area contributed by atoms with Crippen LogP contribution >= 0.6 is 0 Å². The standard InChI is InChI=1S/C36H61N3O3/c1-23(2)25-11-16-36(31(41)39-22-21-38-20-19-37)18-17-34(7)26(30(25)36)9-10-28-33(6)14-13-29(42-24(3)40)32(4,5)27(33)12-15-35(28,34)8/h25-30,38H,1,9-22,37H2,2-8H3,(H,39,41)/t25-,26+,27-,28+,29-,30+,33-,34+,35+,36-/m0/s1. The molecule has 10 atom stereocenters. The summed E-state index contributed by atoms with van der Waals surface area (Å²) < 4.78 is 5.94. The van der Waals surface area contributed by atoms with Crippen LogP contribution in [0.3, 0.4) is 0 Å². The Labute approximate surface area is 256 Å². The first-order valence-corrected chi connectivity index (χ1v) is 17.2. The Morgan fingerprint density at radius 1 is 0.833 bits per heavy atom. The van der Waals surface area contributed by atoms with Crippen LogP contribution in [0.4, 0.5) is 0 Å². The molecule has 5 aliphatic carbocycles. The summed E-state index contributed by atoms with van der Waals surface area (Å²) in [5.74, 6) is 2.71. The molecule has 0 heterocycles. The lowest BCUT2D eigenvalue weighted by Gasteiger charge is -2.72. The molecule has 0 spiro atoms. The SMILES string of the molecule is C=C(C)[C@@H]1CC[C@]2(C(=O)NCCNCCN)CC[C@]3(C)[C@H](CC[C@@H]4[C@@]5(C)CC[C@H](OC(C)=O)C(C)(C)[C@@H]5CC[C@]43C)[C@@H]12. The second-order valence-corrected chi connectivity index (χ2v) is 16.6. The number of hydrogen-bond acceptors (Lipinski definition) is 5. The van der Waals surface area contributed by atoms with Crippen LogP contribution in [0.2, 0.25) is 0 Å². The Kier molecular flexibility index (Phi) is 8.53. The molecule has 5 aliphatic rings. The van der Waals surface area contributed by atoms with Gasteiger partial charge in [-0.15, -0.1) is 0 Å². The summed E-state index contributed by atoms with van der Waals surface area (Å²) in [4.78, 5) is 26.1. The molecule has 5 rings (SSSR count). The van der Waals surface area contributed by atoms with Crippen LogP contribution in [0.15, 0.2) is 12.2 Å². The van der Waals surface area contributed by atoms with Gasteiger partial charge in [-0.3, -0.25) is 9.59 Å². The third-order valence-electron chi connectivity index (χ3n) is 14.7. The molecule has 0 aromatic rings. The van der Waals surface area contributed by atoms with Gasteiger partial charge < -0.3 is 21.1 Å². The summed E-state index contributed by atoms with van der Waals surface area (Å²) in [7, 11) is 0. The van der Waals surface area contributed by atoms with E-state index in [1.165, 1.54) is 31.3 Å². The Balaban J connectivity index is 1.44. The van der Waals surface area contributed by atoms with E-state index in [0.717, 1.165) is 51.6 Å². The molecule has 0 bridgehead atoms. The number of ether oxygens (including phenoxy) is 1. The normalized spacial score (nSPS) is 45.5. The number of carbonyl (C=O) groups excluding carboxylic acids is 2. The van der Waals surface area contributed by atoms with Crippen molar-refractivity contribution in [2.45, 2.75) is 119 Å².